The molecule has 0 saturated carbocycles. The Morgan fingerprint density at radius 3 is 2.11 bits per heavy atom. The summed E-state index contributed by atoms with van der Waals surface area (Å²) < 4.78 is 69.4. The van der Waals surface area contributed by atoms with Crippen molar-refractivity contribution in [3.63, 3.8) is 0 Å². The monoisotopic (exact) mass is 569 g/mol. The number of anilines is 1. The number of hydrogen-bond acceptors (Lipinski definition) is 8. The molecule has 2 aromatic rings. The lowest BCUT2D eigenvalue weighted by Gasteiger charge is -2.30. The van der Waals surface area contributed by atoms with Gasteiger partial charge >= 0.3 is 0 Å². The van der Waals surface area contributed by atoms with Crippen LogP contribution in [0.3, 0.4) is 0 Å². The highest BCUT2D eigenvalue weighted by atomic mass is 32.2. The van der Waals surface area contributed by atoms with Gasteiger partial charge in [0.1, 0.15) is 24.1 Å². The molecule has 1 aliphatic rings. The topological polar surface area (TPSA) is 132 Å². The quantitative estimate of drug-likeness (QED) is 0.362. The summed E-state index contributed by atoms with van der Waals surface area (Å²) in [5.74, 6) is 0.591. The van der Waals surface area contributed by atoms with Crippen molar-refractivity contribution in [1.29, 1.82) is 0 Å². The highest BCUT2D eigenvalue weighted by Crippen LogP contribution is 2.25. The molecule has 1 heterocycles. The lowest BCUT2D eigenvalue weighted by Crippen LogP contribution is -2.50. The Morgan fingerprint density at radius 2 is 1.55 bits per heavy atom. The molecule has 0 spiro atoms. The number of amides is 1. The fourth-order valence-corrected chi connectivity index (χ4v) is 6.64. The predicted molar refractivity (Wildman–Crippen MR) is 144 cm³/mol. The number of morpholine rings is 1. The molecule has 1 amide bonds. The van der Waals surface area contributed by atoms with Crippen molar-refractivity contribution in [1.82, 2.24) is 9.62 Å². The first-order valence-electron chi connectivity index (χ1n) is 12.4. The highest BCUT2D eigenvalue weighted by Gasteiger charge is 2.31. The Labute approximate surface area is 224 Å². The van der Waals surface area contributed by atoms with Crippen molar-refractivity contribution >= 4 is 31.6 Å². The van der Waals surface area contributed by atoms with E-state index in [-0.39, 0.29) is 24.5 Å². The third-order valence-corrected chi connectivity index (χ3v) is 8.93. The zero-order valence-electron chi connectivity index (χ0n) is 21.8. The van der Waals surface area contributed by atoms with Gasteiger partial charge in [-0.05, 0) is 61.9 Å². The van der Waals surface area contributed by atoms with Gasteiger partial charge in [-0.25, -0.2) is 16.8 Å². The number of carbonyl (C=O) groups is 1. The highest BCUT2D eigenvalue weighted by molar-refractivity contribution is 7.92. The van der Waals surface area contributed by atoms with Crippen LogP contribution in [0.4, 0.5) is 5.69 Å². The molecule has 0 aromatic heterocycles. The van der Waals surface area contributed by atoms with E-state index < -0.39 is 32.0 Å². The second kappa shape index (κ2) is 13.3. The average molecular weight is 570 g/mol. The van der Waals surface area contributed by atoms with Gasteiger partial charge in [0.15, 0.2) is 0 Å². The van der Waals surface area contributed by atoms with Gasteiger partial charge in [-0.3, -0.25) is 9.10 Å². The van der Waals surface area contributed by atoms with Crippen LogP contribution in [0.15, 0.2) is 53.4 Å². The van der Waals surface area contributed by atoms with Crippen molar-refractivity contribution in [2.45, 2.75) is 31.2 Å². The molecule has 1 aliphatic heterocycles. The lowest BCUT2D eigenvalue weighted by molar-refractivity contribution is -0.122. The van der Waals surface area contributed by atoms with E-state index in [1.165, 1.54) is 16.4 Å². The van der Waals surface area contributed by atoms with E-state index in [4.69, 9.17) is 14.2 Å². The Bertz CT molecular complexity index is 1260. The summed E-state index contributed by atoms with van der Waals surface area (Å²) in [5, 5.41) is 2.73. The first-order chi connectivity index (χ1) is 18.1. The average Bonchev–Trinajstić information content (AvgIpc) is 2.90. The molecule has 3 rings (SSSR count). The van der Waals surface area contributed by atoms with Gasteiger partial charge in [-0.2, -0.15) is 4.31 Å². The summed E-state index contributed by atoms with van der Waals surface area (Å²) >= 11 is 0. The maximum atomic E-state index is 12.9. The molecule has 1 fully saturated rings. The van der Waals surface area contributed by atoms with E-state index in [9.17, 15) is 21.6 Å². The fraction of sp³-hybridized carbons (Fsp3) is 0.480. The molecule has 11 nitrogen and oxygen atoms in total. The van der Waals surface area contributed by atoms with Crippen LogP contribution in [0.25, 0.3) is 0 Å². The summed E-state index contributed by atoms with van der Waals surface area (Å²) in [6.07, 6.45) is 1.32. The summed E-state index contributed by atoms with van der Waals surface area (Å²) in [7, 11) is -7.35. The SMILES string of the molecule is CCOc1ccc(N(C(CC)C(=O)NCCOc2ccc(S(=O)(=O)N3CCOCC3)cc2)S(C)(=O)=O)cc1. The maximum Gasteiger partial charge on any atom is 0.244 e. The molecule has 0 radical (unpaired) electrons. The Morgan fingerprint density at radius 1 is 0.974 bits per heavy atom. The maximum absolute atomic E-state index is 12.9. The zero-order chi connectivity index (χ0) is 27.8. The van der Waals surface area contributed by atoms with Crippen molar-refractivity contribution < 1.29 is 35.8 Å². The molecule has 1 N–H and O–H groups in total. The van der Waals surface area contributed by atoms with Gasteiger partial charge in [-0.15, -0.1) is 0 Å². The van der Waals surface area contributed by atoms with E-state index in [1.807, 2.05) is 6.92 Å². The molecule has 0 aliphatic carbocycles. The molecule has 1 atom stereocenters. The van der Waals surface area contributed by atoms with E-state index in [2.05, 4.69) is 5.32 Å². The first-order valence-corrected chi connectivity index (χ1v) is 15.7. The van der Waals surface area contributed by atoms with Crippen molar-refractivity contribution in [2.24, 2.45) is 0 Å². The number of nitrogens with zero attached hydrogens (tertiary/aromatic N) is 2. The number of sulfonamides is 2. The summed E-state index contributed by atoms with van der Waals surface area (Å²) in [6.45, 7) is 5.67. The molecule has 210 valence electrons. The standard InChI is InChI=1S/C25H35N3O8S2/c1-4-24(28(37(3,30)31)20-6-8-21(9-7-20)35-5-2)25(29)26-14-17-36-22-10-12-23(13-11-22)38(32,33)27-15-18-34-19-16-27/h6-13,24H,4-5,14-19H2,1-3H3,(H,26,29). The summed E-state index contributed by atoms with van der Waals surface area (Å²) in [6, 6.07) is 11.6. The van der Waals surface area contributed by atoms with Gasteiger partial charge in [0.05, 0.1) is 43.2 Å². The molecular weight excluding hydrogens is 534 g/mol. The molecule has 38 heavy (non-hydrogen) atoms. The largest absolute Gasteiger partial charge is 0.494 e. The minimum Gasteiger partial charge on any atom is -0.494 e. The number of hydrogen-bond donors (Lipinski definition) is 1. The Balaban J connectivity index is 1.57. The van der Waals surface area contributed by atoms with Crippen LogP contribution in [0.1, 0.15) is 20.3 Å². The van der Waals surface area contributed by atoms with Crippen molar-refractivity contribution in [3.8, 4) is 11.5 Å². The molecule has 2 aromatic carbocycles. The van der Waals surface area contributed by atoms with Crippen LogP contribution >= 0.6 is 0 Å². The number of nitrogens with one attached hydrogen (secondary N) is 1. The number of ether oxygens (including phenoxy) is 3. The first kappa shape index (κ1) is 29.7. The van der Waals surface area contributed by atoms with Gasteiger partial charge in [0.25, 0.3) is 0 Å². The van der Waals surface area contributed by atoms with Crippen LogP contribution in [-0.4, -0.2) is 85.4 Å². The number of carbonyl (C=O) groups excluding carboxylic acids is 1. The summed E-state index contributed by atoms with van der Waals surface area (Å²) in [4.78, 5) is 13.1. The third-order valence-electron chi connectivity index (χ3n) is 5.83. The van der Waals surface area contributed by atoms with Crippen LogP contribution in [0.2, 0.25) is 0 Å². The van der Waals surface area contributed by atoms with E-state index in [1.54, 1.807) is 43.3 Å². The Hall–Kier alpha value is -2.87. The van der Waals surface area contributed by atoms with Gasteiger partial charge in [-0.1, -0.05) is 6.92 Å². The van der Waals surface area contributed by atoms with Gasteiger partial charge in [0, 0.05) is 13.1 Å². The smallest absolute Gasteiger partial charge is 0.244 e. The molecule has 0 bridgehead atoms. The third kappa shape index (κ3) is 7.59. The van der Waals surface area contributed by atoms with Crippen molar-refractivity contribution in [3.05, 3.63) is 48.5 Å². The van der Waals surface area contributed by atoms with Crippen LogP contribution in [0.5, 0.6) is 11.5 Å². The second-order valence-electron chi connectivity index (χ2n) is 8.54. The normalized spacial score (nSPS) is 15.4. The Kier molecular flexibility index (Phi) is 10.4. The van der Waals surface area contributed by atoms with E-state index in [0.717, 1.165) is 10.6 Å². The minimum atomic E-state index is -3.76. The number of rotatable bonds is 13. The fourth-order valence-electron chi connectivity index (χ4n) is 4.02. The van der Waals surface area contributed by atoms with Crippen LogP contribution in [-0.2, 0) is 29.6 Å². The van der Waals surface area contributed by atoms with Crippen LogP contribution in [0, 0.1) is 0 Å². The number of benzene rings is 2. The van der Waals surface area contributed by atoms with Crippen molar-refractivity contribution in [2.75, 3.05) is 56.6 Å². The molecule has 1 saturated heterocycles. The zero-order valence-corrected chi connectivity index (χ0v) is 23.5. The molecule has 1 unspecified atom stereocenters. The van der Waals surface area contributed by atoms with E-state index >= 15 is 0 Å². The lowest BCUT2D eigenvalue weighted by atomic mass is 10.2. The second-order valence-corrected chi connectivity index (χ2v) is 12.3. The van der Waals surface area contributed by atoms with Crippen LogP contribution < -0.4 is 19.1 Å². The minimum absolute atomic E-state index is 0.111. The molecule has 13 heteroatoms. The van der Waals surface area contributed by atoms with Gasteiger partial charge in [0.2, 0.25) is 26.0 Å². The molecular formula is C25H35N3O8S2. The van der Waals surface area contributed by atoms with E-state index in [0.29, 0.717) is 50.1 Å². The van der Waals surface area contributed by atoms with Gasteiger partial charge < -0.3 is 19.5 Å². The summed E-state index contributed by atoms with van der Waals surface area (Å²) in [5.41, 5.74) is 0.362. The predicted octanol–water partition coefficient (Wildman–Crippen LogP) is 1.85.